The lowest BCUT2D eigenvalue weighted by atomic mass is 9.80. The summed E-state index contributed by atoms with van der Waals surface area (Å²) < 4.78 is 60.5. The van der Waals surface area contributed by atoms with E-state index >= 15 is 0 Å². The Balaban J connectivity index is 3.10. The molecule has 1 N–H and O–H groups in total. The normalized spacial score (nSPS) is 21.3. The van der Waals surface area contributed by atoms with Gasteiger partial charge in [0, 0.05) is 0 Å². The Labute approximate surface area is 163 Å². The first kappa shape index (κ1) is 24.4. The summed E-state index contributed by atoms with van der Waals surface area (Å²) in [6, 6.07) is -2.18. The van der Waals surface area contributed by atoms with Crippen molar-refractivity contribution in [1.29, 1.82) is 0 Å². The molecule has 4 nitrogen and oxygen atoms in total. The van der Waals surface area contributed by atoms with E-state index in [-0.39, 0.29) is 12.3 Å². The molecular formula is C19H34F3NO3S. The summed E-state index contributed by atoms with van der Waals surface area (Å²) in [5.41, 5.74) is 0. The summed E-state index contributed by atoms with van der Waals surface area (Å²) in [5.74, 6) is -2.19. The molecule has 0 bridgehead atoms. The molecule has 1 aliphatic carbocycles. The first-order valence-electron chi connectivity index (χ1n) is 9.81. The minimum absolute atomic E-state index is 0.0583. The molecule has 0 heterocycles. The topological polar surface area (TPSA) is 55.4 Å². The number of esters is 1. The summed E-state index contributed by atoms with van der Waals surface area (Å²) in [6.45, 7) is 8.26. The molecule has 1 aliphatic rings. The van der Waals surface area contributed by atoms with Crippen LogP contribution in [-0.2, 0) is 20.5 Å². The fraction of sp³-hybridized carbons (Fsp3) is 0.947. The maximum atomic E-state index is 13.8. The molecule has 0 saturated heterocycles. The zero-order valence-electron chi connectivity index (χ0n) is 17.0. The van der Waals surface area contributed by atoms with Crippen molar-refractivity contribution in [2.45, 2.75) is 103 Å². The van der Waals surface area contributed by atoms with Gasteiger partial charge >= 0.3 is 12.1 Å². The van der Waals surface area contributed by atoms with Gasteiger partial charge in [0.2, 0.25) is 0 Å². The van der Waals surface area contributed by atoms with E-state index < -0.39 is 45.9 Å². The average Bonchev–Trinajstić information content (AvgIpc) is 2.56. The molecule has 0 aromatic heterocycles. The van der Waals surface area contributed by atoms with Gasteiger partial charge in [0.1, 0.15) is 6.04 Å². The first-order chi connectivity index (χ1) is 12.4. The van der Waals surface area contributed by atoms with Crippen LogP contribution in [0.4, 0.5) is 13.2 Å². The van der Waals surface area contributed by atoms with Crippen molar-refractivity contribution in [2.24, 2.45) is 11.8 Å². The average molecular weight is 414 g/mol. The van der Waals surface area contributed by atoms with E-state index in [9.17, 15) is 22.2 Å². The van der Waals surface area contributed by atoms with E-state index in [4.69, 9.17) is 4.74 Å². The minimum atomic E-state index is -4.70. The van der Waals surface area contributed by atoms with Gasteiger partial charge in [0.25, 0.3) is 0 Å². The molecule has 0 amide bonds. The third-order valence-corrected chi connectivity index (χ3v) is 6.63. The number of alkyl halides is 3. The second-order valence-corrected chi connectivity index (χ2v) is 10.5. The van der Waals surface area contributed by atoms with E-state index in [2.05, 4.69) is 4.72 Å². The highest BCUT2D eigenvalue weighted by Crippen LogP contribution is 2.36. The number of carbonyl (C=O) groups is 1. The molecule has 1 saturated carbocycles. The molecule has 160 valence electrons. The molecule has 0 spiro atoms. The van der Waals surface area contributed by atoms with Crippen LogP contribution < -0.4 is 4.72 Å². The third kappa shape index (κ3) is 8.10. The summed E-state index contributed by atoms with van der Waals surface area (Å²) >= 11 is 0. The quantitative estimate of drug-likeness (QED) is 0.576. The van der Waals surface area contributed by atoms with E-state index in [1.54, 1.807) is 27.7 Å². The Morgan fingerprint density at radius 1 is 1.19 bits per heavy atom. The Morgan fingerprint density at radius 3 is 2.19 bits per heavy atom. The smallest absolute Gasteiger partial charge is 0.405 e. The van der Waals surface area contributed by atoms with Gasteiger partial charge in [-0.2, -0.15) is 13.2 Å². The van der Waals surface area contributed by atoms with Crippen molar-refractivity contribution in [3.63, 3.8) is 0 Å². The van der Waals surface area contributed by atoms with Crippen LogP contribution in [0.3, 0.4) is 0 Å². The summed E-state index contributed by atoms with van der Waals surface area (Å²) in [7, 11) is -1.95. The summed E-state index contributed by atoms with van der Waals surface area (Å²) in [6.07, 6.45) is 0.134. The minimum Gasteiger partial charge on any atom is -0.462 e. The van der Waals surface area contributed by atoms with Crippen LogP contribution in [0.15, 0.2) is 0 Å². The zero-order valence-corrected chi connectivity index (χ0v) is 17.8. The lowest BCUT2D eigenvalue weighted by Gasteiger charge is -2.34. The predicted molar refractivity (Wildman–Crippen MR) is 101 cm³/mol. The molecule has 8 heteroatoms. The van der Waals surface area contributed by atoms with Crippen molar-refractivity contribution < 1.29 is 26.9 Å². The largest absolute Gasteiger partial charge is 0.462 e. The predicted octanol–water partition coefficient (Wildman–Crippen LogP) is 4.90. The molecule has 1 fully saturated rings. The molecule has 0 radical (unpaired) electrons. The number of hydrogen-bond donors (Lipinski definition) is 1. The monoisotopic (exact) mass is 413 g/mol. The number of halogens is 3. The Kier molecular flexibility index (Phi) is 9.25. The lowest BCUT2D eigenvalue weighted by Crippen LogP contribution is -2.54. The standard InChI is InChI=1S/C19H34F3NO3S/c1-6-13(2)26-17(24)15(12-14-10-8-7-9-11-14)16(19(20,21)22)23-27(25)18(3,4)5/h13-16,23H,6-12H2,1-5H3/t13?,15-,16-,27-/m1/s1. The number of rotatable bonds is 8. The Morgan fingerprint density at radius 2 is 1.74 bits per heavy atom. The van der Waals surface area contributed by atoms with Gasteiger partial charge in [-0.15, -0.1) is 0 Å². The van der Waals surface area contributed by atoms with Gasteiger partial charge in [-0.1, -0.05) is 39.0 Å². The maximum absolute atomic E-state index is 13.8. The van der Waals surface area contributed by atoms with Crippen molar-refractivity contribution in [2.75, 3.05) is 0 Å². The van der Waals surface area contributed by atoms with E-state index in [0.717, 1.165) is 32.1 Å². The molecule has 1 rings (SSSR count). The van der Waals surface area contributed by atoms with Crippen LogP contribution in [0.25, 0.3) is 0 Å². The lowest BCUT2D eigenvalue weighted by molar-refractivity contribution is -0.183. The third-order valence-electron chi connectivity index (χ3n) is 5.05. The van der Waals surface area contributed by atoms with Crippen molar-refractivity contribution in [1.82, 2.24) is 4.72 Å². The Hall–Kier alpha value is -0.630. The fourth-order valence-corrected chi connectivity index (χ4v) is 4.07. The van der Waals surface area contributed by atoms with Crippen molar-refractivity contribution in [3.05, 3.63) is 0 Å². The highest BCUT2D eigenvalue weighted by atomic mass is 32.2. The van der Waals surface area contributed by atoms with Crippen LogP contribution >= 0.6 is 0 Å². The van der Waals surface area contributed by atoms with E-state index in [1.807, 2.05) is 6.92 Å². The number of ether oxygens (including phenoxy) is 1. The van der Waals surface area contributed by atoms with Crippen LogP contribution in [0, 0.1) is 11.8 Å². The molecule has 27 heavy (non-hydrogen) atoms. The maximum Gasteiger partial charge on any atom is 0.405 e. The summed E-state index contributed by atoms with van der Waals surface area (Å²) in [5, 5.41) is 0. The zero-order chi connectivity index (χ0) is 20.8. The highest BCUT2D eigenvalue weighted by molar-refractivity contribution is 7.84. The van der Waals surface area contributed by atoms with Gasteiger partial charge in [0.15, 0.2) is 0 Å². The number of nitrogens with one attached hydrogen (secondary N) is 1. The highest BCUT2D eigenvalue weighted by Gasteiger charge is 2.50. The van der Waals surface area contributed by atoms with E-state index in [0.29, 0.717) is 6.42 Å². The molecule has 0 aromatic rings. The SMILES string of the molecule is CCC(C)OC(=O)[C@H](CC1CCCCC1)[C@@H](N[S@](=O)C(C)(C)C)C(F)(F)F. The van der Waals surface area contributed by atoms with Gasteiger partial charge in [-0.25, -0.2) is 8.93 Å². The van der Waals surface area contributed by atoms with Crippen LogP contribution in [0.1, 0.15) is 79.6 Å². The van der Waals surface area contributed by atoms with Gasteiger partial charge in [-0.3, -0.25) is 4.79 Å². The molecule has 0 aliphatic heterocycles. The second-order valence-electron chi connectivity index (χ2n) is 8.52. The van der Waals surface area contributed by atoms with Crippen molar-refractivity contribution in [3.8, 4) is 0 Å². The van der Waals surface area contributed by atoms with Gasteiger partial charge < -0.3 is 4.74 Å². The van der Waals surface area contributed by atoms with Crippen LogP contribution in [0.5, 0.6) is 0 Å². The Bertz CT molecular complexity index is 499. The molecular weight excluding hydrogens is 379 g/mol. The molecule has 1 unspecified atom stereocenters. The molecule has 4 atom stereocenters. The molecule has 0 aromatic carbocycles. The van der Waals surface area contributed by atoms with Crippen LogP contribution in [0.2, 0.25) is 0 Å². The van der Waals surface area contributed by atoms with Gasteiger partial charge in [0.05, 0.1) is 27.8 Å². The number of carbonyl (C=O) groups excluding carboxylic acids is 1. The number of hydrogen-bond acceptors (Lipinski definition) is 3. The van der Waals surface area contributed by atoms with Crippen LogP contribution in [-0.4, -0.2) is 33.2 Å². The second kappa shape index (κ2) is 10.2. The van der Waals surface area contributed by atoms with Crippen molar-refractivity contribution >= 4 is 17.0 Å². The summed E-state index contributed by atoms with van der Waals surface area (Å²) in [4.78, 5) is 12.6. The fourth-order valence-electron chi connectivity index (χ4n) is 3.19. The van der Waals surface area contributed by atoms with E-state index in [1.165, 1.54) is 0 Å². The van der Waals surface area contributed by atoms with Gasteiger partial charge in [-0.05, 0) is 46.5 Å². The first-order valence-corrected chi connectivity index (χ1v) is 11.0.